The number of rotatable bonds is 13. The van der Waals surface area contributed by atoms with Crippen LogP contribution in [-0.2, 0) is 25.4 Å². The van der Waals surface area contributed by atoms with E-state index in [1.165, 1.54) is 6.26 Å². The number of halogens is 2. The molecular weight excluding hydrogens is 779 g/mol. The van der Waals surface area contributed by atoms with Gasteiger partial charge in [-0.2, -0.15) is 0 Å². The highest BCUT2D eigenvalue weighted by molar-refractivity contribution is 7.91. The third-order valence-electron chi connectivity index (χ3n) is 10.3. The van der Waals surface area contributed by atoms with Crippen molar-refractivity contribution in [1.82, 2.24) is 19.9 Å². The van der Waals surface area contributed by atoms with Gasteiger partial charge in [-0.1, -0.05) is 37.1 Å². The topological polar surface area (TPSA) is 135 Å². The summed E-state index contributed by atoms with van der Waals surface area (Å²) in [5, 5.41) is 4.33. The third-order valence-corrected chi connectivity index (χ3v) is 14.2. The largest absolute Gasteiger partial charge is 0.494 e. The first-order chi connectivity index (χ1) is 26.8. The van der Waals surface area contributed by atoms with Crippen LogP contribution in [0.25, 0.3) is 21.8 Å². The molecule has 0 unspecified atom stereocenters. The molecule has 2 fully saturated rings. The highest BCUT2D eigenvalue weighted by atomic mass is 32.2. The number of piperazine rings is 1. The molecule has 1 aliphatic heterocycles. The first-order valence-corrected chi connectivity index (χ1v) is 23.0. The second kappa shape index (κ2) is 16.5. The van der Waals surface area contributed by atoms with Crippen LogP contribution in [-0.4, -0.2) is 88.5 Å². The number of methoxy groups -OCH3 is 1. The number of hydrogen-bond donors (Lipinski definition) is 1. The van der Waals surface area contributed by atoms with E-state index in [0.29, 0.717) is 52.4 Å². The Hall–Kier alpha value is -4.51. The normalized spacial score (nSPS) is 15.7. The van der Waals surface area contributed by atoms with Gasteiger partial charge in [-0.15, -0.1) is 11.3 Å². The van der Waals surface area contributed by atoms with Gasteiger partial charge in [-0.05, 0) is 61.2 Å². The highest BCUT2D eigenvalue weighted by Gasteiger charge is 2.27. The highest BCUT2D eigenvalue weighted by Crippen LogP contribution is 2.44. The summed E-state index contributed by atoms with van der Waals surface area (Å²) in [6.07, 6.45) is 7.25. The molecule has 0 bridgehead atoms. The second-order valence-electron chi connectivity index (χ2n) is 14.4. The van der Waals surface area contributed by atoms with Crippen molar-refractivity contribution in [3.63, 3.8) is 0 Å². The zero-order chi connectivity index (χ0) is 39.6. The summed E-state index contributed by atoms with van der Waals surface area (Å²) in [7, 11) is -5.74. The Morgan fingerprint density at radius 1 is 0.929 bits per heavy atom. The maximum Gasteiger partial charge on any atom is 0.227 e. The molecule has 7 rings (SSSR count). The molecule has 16 heteroatoms. The minimum Gasteiger partial charge on any atom is -0.494 e. The van der Waals surface area contributed by atoms with Crippen molar-refractivity contribution in [3.05, 3.63) is 94.6 Å². The van der Waals surface area contributed by atoms with Gasteiger partial charge in [0, 0.05) is 68.4 Å². The number of hydrogen-bond acceptors (Lipinski definition) is 12. The van der Waals surface area contributed by atoms with E-state index in [-0.39, 0.29) is 5.75 Å². The van der Waals surface area contributed by atoms with Crippen LogP contribution in [0.2, 0.25) is 0 Å². The summed E-state index contributed by atoms with van der Waals surface area (Å²) in [6.45, 7) is 5.60. The summed E-state index contributed by atoms with van der Waals surface area (Å²) < 4.78 is 84.6. The van der Waals surface area contributed by atoms with E-state index in [1.54, 1.807) is 42.8 Å². The molecule has 3 aromatic carbocycles. The Balaban J connectivity index is 1.15. The van der Waals surface area contributed by atoms with E-state index in [0.717, 1.165) is 91.2 Å². The Kier molecular flexibility index (Phi) is 11.7. The van der Waals surface area contributed by atoms with E-state index in [1.807, 2.05) is 31.2 Å². The molecule has 0 atom stereocenters. The lowest BCUT2D eigenvalue weighted by atomic mass is 10.1. The molecule has 296 valence electrons. The van der Waals surface area contributed by atoms with Crippen LogP contribution in [0.15, 0.2) is 71.8 Å². The molecule has 1 saturated carbocycles. The van der Waals surface area contributed by atoms with Crippen LogP contribution in [0.1, 0.15) is 47.7 Å². The maximum absolute atomic E-state index is 14.5. The lowest BCUT2D eigenvalue weighted by molar-refractivity contribution is 0.272. The van der Waals surface area contributed by atoms with E-state index in [9.17, 15) is 25.6 Å². The molecule has 5 aromatic rings. The number of thiazole rings is 1. The molecular formula is C40H44F2N6O5S3. The molecule has 0 radical (unpaired) electrons. The van der Waals surface area contributed by atoms with Crippen molar-refractivity contribution in [2.75, 3.05) is 62.1 Å². The van der Waals surface area contributed by atoms with Gasteiger partial charge < -0.3 is 15.0 Å². The molecule has 1 aliphatic carbocycles. The number of nitrogens with zero attached hydrogens (tertiary/aromatic N) is 5. The molecule has 2 aromatic heterocycles. The lowest BCUT2D eigenvalue weighted by Crippen LogP contribution is -2.47. The Bertz CT molecular complexity index is 2430. The average Bonchev–Trinajstić information content (AvgIpc) is 3.86. The summed E-state index contributed by atoms with van der Waals surface area (Å²) >= 11 is 1.56. The predicted octanol–water partition coefficient (Wildman–Crippen LogP) is 7.40. The van der Waals surface area contributed by atoms with Crippen LogP contribution in [0.3, 0.4) is 0 Å². The van der Waals surface area contributed by atoms with Gasteiger partial charge in [0.05, 0.1) is 45.6 Å². The van der Waals surface area contributed by atoms with Gasteiger partial charge in [-0.3, -0.25) is 4.90 Å². The Morgan fingerprint density at radius 3 is 2.34 bits per heavy atom. The van der Waals surface area contributed by atoms with Gasteiger partial charge in [0.1, 0.15) is 32.1 Å². The van der Waals surface area contributed by atoms with E-state index < -0.39 is 42.0 Å². The summed E-state index contributed by atoms with van der Waals surface area (Å²) in [5.74, 6) is -1.42. The zero-order valence-electron chi connectivity index (χ0n) is 31.5. The molecule has 1 saturated heterocycles. The van der Waals surface area contributed by atoms with E-state index in [2.05, 4.69) is 20.1 Å². The fraction of sp³-hybridized carbons (Fsp3) is 0.375. The SMILES string of the molecule is COc1cc(N2CCN(CCS(C)(=O)=O)CC2)c(C)cc1Nc1nccc(-c2sc(C3CCCC3)nc2-c2cccc(CS(=O)(=O)c3c(F)cccc3F)c2)n1. The monoisotopic (exact) mass is 822 g/mol. The van der Waals surface area contributed by atoms with Crippen LogP contribution in [0, 0.1) is 18.6 Å². The number of anilines is 3. The quantitative estimate of drug-likeness (QED) is 0.127. The fourth-order valence-electron chi connectivity index (χ4n) is 7.39. The number of nitrogens with one attached hydrogen (secondary N) is 1. The summed E-state index contributed by atoms with van der Waals surface area (Å²) in [4.78, 5) is 18.9. The van der Waals surface area contributed by atoms with Crippen LogP contribution in [0.4, 0.5) is 26.1 Å². The number of ether oxygens (including phenoxy) is 1. The summed E-state index contributed by atoms with van der Waals surface area (Å²) in [5.41, 5.74) is 5.07. The third kappa shape index (κ3) is 9.03. The molecule has 2 aliphatic rings. The second-order valence-corrected chi connectivity index (χ2v) is 19.6. The average molecular weight is 823 g/mol. The number of sulfone groups is 2. The van der Waals surface area contributed by atoms with Gasteiger partial charge in [-0.25, -0.2) is 40.6 Å². The maximum atomic E-state index is 14.5. The van der Waals surface area contributed by atoms with Crippen molar-refractivity contribution in [2.24, 2.45) is 0 Å². The minimum absolute atomic E-state index is 0.150. The smallest absolute Gasteiger partial charge is 0.227 e. The van der Waals surface area contributed by atoms with Gasteiger partial charge in [0.2, 0.25) is 5.95 Å². The molecule has 0 amide bonds. The van der Waals surface area contributed by atoms with Gasteiger partial charge in [0.15, 0.2) is 9.84 Å². The van der Waals surface area contributed by atoms with Crippen LogP contribution in [0.5, 0.6) is 5.75 Å². The van der Waals surface area contributed by atoms with Crippen molar-refractivity contribution >= 4 is 48.3 Å². The first kappa shape index (κ1) is 39.7. The predicted molar refractivity (Wildman–Crippen MR) is 216 cm³/mol. The first-order valence-electron chi connectivity index (χ1n) is 18.5. The molecule has 0 spiro atoms. The fourth-order valence-corrected chi connectivity index (χ4v) is 10.7. The summed E-state index contributed by atoms with van der Waals surface area (Å²) in [6, 6.07) is 15.7. The van der Waals surface area contributed by atoms with E-state index >= 15 is 0 Å². The molecule has 3 heterocycles. The van der Waals surface area contributed by atoms with Crippen molar-refractivity contribution in [3.8, 4) is 27.6 Å². The molecule has 56 heavy (non-hydrogen) atoms. The van der Waals surface area contributed by atoms with Crippen molar-refractivity contribution in [1.29, 1.82) is 0 Å². The Morgan fingerprint density at radius 2 is 1.64 bits per heavy atom. The van der Waals surface area contributed by atoms with Crippen molar-refractivity contribution in [2.45, 2.75) is 49.2 Å². The van der Waals surface area contributed by atoms with Crippen LogP contribution < -0.4 is 15.0 Å². The van der Waals surface area contributed by atoms with Gasteiger partial charge in [0.25, 0.3) is 0 Å². The minimum atomic E-state index is -4.34. The standard InChI is InChI=1S/C40H44F2N6O5S3/c1-26-22-33(35(53-2)24-34(26)48-18-16-47(17-19-48)20-21-55(3,49)50)45-40-43-15-14-32(44-40)37-36(46-39(54-37)28-9-4-5-10-28)29-11-6-8-27(23-29)25-56(51,52)38-30(41)12-7-13-31(38)42/h6-8,11-15,22-24,28H,4-5,9-10,16-21,25H2,1-3H3,(H,43,44,45). The molecule has 1 N–H and O–H groups in total. The Labute approximate surface area is 330 Å². The number of benzene rings is 3. The van der Waals surface area contributed by atoms with Crippen LogP contribution >= 0.6 is 11.3 Å². The lowest BCUT2D eigenvalue weighted by Gasteiger charge is -2.37. The number of aromatic nitrogens is 3. The number of aryl methyl sites for hydroxylation is 1. The molecule has 11 nitrogen and oxygen atoms in total. The van der Waals surface area contributed by atoms with Gasteiger partial charge >= 0.3 is 0 Å². The van der Waals surface area contributed by atoms with Crippen molar-refractivity contribution < 1.29 is 30.4 Å². The van der Waals surface area contributed by atoms with E-state index in [4.69, 9.17) is 14.7 Å². The zero-order valence-corrected chi connectivity index (χ0v) is 33.9.